The zero-order valence-electron chi connectivity index (χ0n) is 12.8. The Morgan fingerprint density at radius 2 is 1.92 bits per heavy atom. The Kier molecular flexibility index (Phi) is 4.03. The first-order valence-corrected chi connectivity index (χ1v) is 7.44. The molecule has 1 aliphatic rings. The van der Waals surface area contributed by atoms with Gasteiger partial charge in [-0.1, -0.05) is 18.2 Å². The van der Waals surface area contributed by atoms with Gasteiger partial charge in [0, 0.05) is 19.2 Å². The maximum Gasteiger partial charge on any atom is 0.308 e. The standard InChI is InChI=1S/C16H16N4O4/c17-14(21)13-8-12(18-20(13)11-4-2-1-3-5-11)15(22)19-7-6-10(9-19)16(23)24/h1-5,8,10H,6-7,9H2,(H2,17,21)(H,23,24)/t10-/m1/s1. The lowest BCUT2D eigenvalue weighted by Crippen LogP contribution is -2.30. The Balaban J connectivity index is 1.91. The first kappa shape index (κ1) is 15.7. The smallest absolute Gasteiger partial charge is 0.308 e. The van der Waals surface area contributed by atoms with E-state index in [0.29, 0.717) is 18.7 Å². The number of benzene rings is 1. The molecule has 0 bridgehead atoms. The number of carbonyl (C=O) groups excluding carboxylic acids is 2. The number of para-hydroxylation sites is 1. The fourth-order valence-electron chi connectivity index (χ4n) is 2.74. The highest BCUT2D eigenvalue weighted by Crippen LogP contribution is 2.20. The van der Waals surface area contributed by atoms with Gasteiger partial charge in [-0.05, 0) is 18.6 Å². The summed E-state index contributed by atoms with van der Waals surface area (Å²) < 4.78 is 1.32. The second-order valence-corrected chi connectivity index (χ2v) is 5.60. The number of carbonyl (C=O) groups is 3. The first-order chi connectivity index (χ1) is 11.5. The lowest BCUT2D eigenvalue weighted by Gasteiger charge is -2.13. The van der Waals surface area contributed by atoms with Gasteiger partial charge in [-0.2, -0.15) is 5.10 Å². The zero-order valence-corrected chi connectivity index (χ0v) is 12.8. The van der Waals surface area contributed by atoms with Gasteiger partial charge in [0.1, 0.15) is 5.69 Å². The number of likely N-dealkylation sites (tertiary alicyclic amines) is 1. The molecule has 0 saturated carbocycles. The van der Waals surface area contributed by atoms with E-state index in [1.165, 1.54) is 15.6 Å². The Morgan fingerprint density at radius 3 is 2.50 bits per heavy atom. The van der Waals surface area contributed by atoms with Gasteiger partial charge in [-0.25, -0.2) is 4.68 Å². The fourth-order valence-corrected chi connectivity index (χ4v) is 2.74. The van der Waals surface area contributed by atoms with Gasteiger partial charge in [-0.15, -0.1) is 0 Å². The molecule has 2 amide bonds. The summed E-state index contributed by atoms with van der Waals surface area (Å²) in [5.74, 6) is -2.59. The van der Waals surface area contributed by atoms with E-state index >= 15 is 0 Å². The lowest BCUT2D eigenvalue weighted by atomic mass is 10.1. The molecule has 8 heteroatoms. The van der Waals surface area contributed by atoms with Gasteiger partial charge in [-0.3, -0.25) is 14.4 Å². The van der Waals surface area contributed by atoms with Crippen LogP contribution in [0.25, 0.3) is 5.69 Å². The molecule has 1 aromatic carbocycles. The fraction of sp³-hybridized carbons (Fsp3) is 0.250. The van der Waals surface area contributed by atoms with E-state index in [1.54, 1.807) is 24.3 Å². The summed E-state index contributed by atoms with van der Waals surface area (Å²) in [4.78, 5) is 36.6. The summed E-state index contributed by atoms with van der Waals surface area (Å²) >= 11 is 0. The van der Waals surface area contributed by atoms with Crippen LogP contribution in [0.5, 0.6) is 0 Å². The Labute approximate surface area is 137 Å². The summed E-state index contributed by atoms with van der Waals surface area (Å²) in [5.41, 5.74) is 6.15. The summed E-state index contributed by atoms with van der Waals surface area (Å²) in [7, 11) is 0. The number of hydrogen-bond acceptors (Lipinski definition) is 4. The van der Waals surface area contributed by atoms with Gasteiger partial charge in [0.2, 0.25) is 0 Å². The molecule has 1 atom stereocenters. The predicted molar refractivity (Wildman–Crippen MR) is 83.7 cm³/mol. The summed E-state index contributed by atoms with van der Waals surface area (Å²) in [6.07, 6.45) is 0.406. The van der Waals surface area contributed by atoms with Gasteiger partial charge in [0.25, 0.3) is 11.8 Å². The predicted octanol–water partition coefficient (Wildman–Crippen LogP) is 0.518. The highest BCUT2D eigenvalue weighted by atomic mass is 16.4. The molecule has 0 aliphatic carbocycles. The summed E-state index contributed by atoms with van der Waals surface area (Å²) in [5, 5.41) is 13.2. The molecule has 3 N–H and O–H groups in total. The third-order valence-electron chi connectivity index (χ3n) is 4.01. The van der Waals surface area contributed by atoms with Crippen molar-refractivity contribution in [2.75, 3.05) is 13.1 Å². The van der Waals surface area contributed by atoms with Crippen LogP contribution in [0.1, 0.15) is 27.4 Å². The van der Waals surface area contributed by atoms with Crippen LogP contribution in [0.2, 0.25) is 0 Å². The normalized spacial score (nSPS) is 17.0. The van der Waals surface area contributed by atoms with Gasteiger partial charge in [0.05, 0.1) is 11.6 Å². The number of aromatic nitrogens is 2. The van der Waals surface area contributed by atoms with Crippen molar-refractivity contribution in [2.45, 2.75) is 6.42 Å². The van der Waals surface area contributed by atoms with Crippen LogP contribution in [0.4, 0.5) is 0 Å². The minimum atomic E-state index is -0.919. The van der Waals surface area contributed by atoms with Crippen molar-refractivity contribution in [2.24, 2.45) is 11.7 Å². The number of carboxylic acids is 1. The number of nitrogens with two attached hydrogens (primary N) is 1. The van der Waals surface area contributed by atoms with Crippen LogP contribution >= 0.6 is 0 Å². The average molecular weight is 328 g/mol. The van der Waals surface area contributed by atoms with E-state index in [9.17, 15) is 14.4 Å². The third-order valence-corrected chi connectivity index (χ3v) is 4.01. The number of primary amides is 1. The average Bonchev–Trinajstić information content (AvgIpc) is 3.22. The molecule has 1 aliphatic heterocycles. The summed E-state index contributed by atoms with van der Waals surface area (Å²) in [6, 6.07) is 10.2. The van der Waals surface area contributed by atoms with Gasteiger partial charge >= 0.3 is 5.97 Å². The van der Waals surface area contributed by atoms with Gasteiger partial charge in [0.15, 0.2) is 5.69 Å². The lowest BCUT2D eigenvalue weighted by molar-refractivity contribution is -0.141. The maximum absolute atomic E-state index is 12.5. The highest BCUT2D eigenvalue weighted by molar-refractivity contribution is 5.98. The van der Waals surface area contributed by atoms with E-state index in [0.717, 1.165) is 0 Å². The molecule has 0 unspecified atom stereocenters. The number of nitrogens with zero attached hydrogens (tertiary/aromatic N) is 3. The molecular weight excluding hydrogens is 312 g/mol. The topological polar surface area (TPSA) is 119 Å². The quantitative estimate of drug-likeness (QED) is 0.848. The molecule has 1 aromatic heterocycles. The van der Waals surface area contributed by atoms with Crippen LogP contribution in [0.3, 0.4) is 0 Å². The van der Waals surface area contributed by atoms with Crippen LogP contribution in [-0.2, 0) is 4.79 Å². The van der Waals surface area contributed by atoms with Crippen LogP contribution in [0, 0.1) is 5.92 Å². The number of amides is 2. The molecule has 124 valence electrons. The highest BCUT2D eigenvalue weighted by Gasteiger charge is 2.32. The van der Waals surface area contributed by atoms with E-state index < -0.39 is 23.7 Å². The van der Waals surface area contributed by atoms with E-state index in [1.807, 2.05) is 6.07 Å². The molecular formula is C16H16N4O4. The first-order valence-electron chi connectivity index (χ1n) is 7.44. The molecule has 0 radical (unpaired) electrons. The molecule has 24 heavy (non-hydrogen) atoms. The number of rotatable bonds is 4. The maximum atomic E-state index is 12.5. The summed E-state index contributed by atoms with van der Waals surface area (Å²) in [6.45, 7) is 0.484. The second kappa shape index (κ2) is 6.15. The zero-order chi connectivity index (χ0) is 17.3. The molecule has 0 spiro atoms. The van der Waals surface area contributed by atoms with Crippen molar-refractivity contribution in [3.63, 3.8) is 0 Å². The molecule has 3 rings (SSSR count). The van der Waals surface area contributed by atoms with Crippen molar-refractivity contribution in [1.82, 2.24) is 14.7 Å². The molecule has 2 heterocycles. The largest absolute Gasteiger partial charge is 0.481 e. The van der Waals surface area contributed by atoms with E-state index in [2.05, 4.69) is 5.10 Å². The molecule has 8 nitrogen and oxygen atoms in total. The van der Waals surface area contributed by atoms with E-state index in [-0.39, 0.29) is 17.9 Å². The van der Waals surface area contributed by atoms with Crippen molar-refractivity contribution in [3.8, 4) is 5.69 Å². The minimum Gasteiger partial charge on any atom is -0.481 e. The van der Waals surface area contributed by atoms with Gasteiger partial charge < -0.3 is 15.7 Å². The van der Waals surface area contributed by atoms with Crippen LogP contribution < -0.4 is 5.73 Å². The second-order valence-electron chi connectivity index (χ2n) is 5.60. The molecule has 2 aromatic rings. The van der Waals surface area contributed by atoms with Crippen LogP contribution in [-0.4, -0.2) is 50.7 Å². The van der Waals surface area contributed by atoms with Crippen molar-refractivity contribution >= 4 is 17.8 Å². The van der Waals surface area contributed by atoms with Crippen molar-refractivity contribution in [3.05, 3.63) is 47.8 Å². The third kappa shape index (κ3) is 2.85. The minimum absolute atomic E-state index is 0.0682. The number of carboxylic acid groups (broad SMARTS) is 1. The number of hydrogen-bond donors (Lipinski definition) is 2. The monoisotopic (exact) mass is 328 g/mol. The van der Waals surface area contributed by atoms with Crippen LogP contribution in [0.15, 0.2) is 36.4 Å². The Hall–Kier alpha value is -3.16. The molecule has 1 fully saturated rings. The number of aliphatic carboxylic acids is 1. The van der Waals surface area contributed by atoms with Crippen molar-refractivity contribution < 1.29 is 19.5 Å². The van der Waals surface area contributed by atoms with E-state index in [4.69, 9.17) is 10.8 Å². The Morgan fingerprint density at radius 1 is 1.21 bits per heavy atom. The van der Waals surface area contributed by atoms with Crippen molar-refractivity contribution in [1.29, 1.82) is 0 Å². The Bertz CT molecular complexity index is 800. The molecule has 1 saturated heterocycles. The SMILES string of the molecule is NC(=O)c1cc(C(=O)N2CC[C@@H](C(=O)O)C2)nn1-c1ccccc1.